The number of aliphatic hydroxyl groups excluding tert-OH is 1. The predicted octanol–water partition coefficient (Wildman–Crippen LogP) is 1.01. The minimum absolute atomic E-state index is 0.0740. The summed E-state index contributed by atoms with van der Waals surface area (Å²) in [6.07, 6.45) is 1.88. The highest BCUT2D eigenvalue weighted by molar-refractivity contribution is 7.60. The molecule has 0 rings (SSSR count). The highest BCUT2D eigenvalue weighted by Gasteiger charge is 2.32. The van der Waals surface area contributed by atoms with Crippen LogP contribution in [0, 0.1) is 5.92 Å². The second kappa shape index (κ2) is 7.61. The molecule has 0 saturated heterocycles. The minimum Gasteiger partial charge on any atom is -0.396 e. The molecular formula is C7H18O8P2. The van der Waals surface area contributed by atoms with E-state index in [0.29, 0.717) is 6.42 Å². The molecule has 0 aromatic rings. The van der Waals surface area contributed by atoms with Gasteiger partial charge < -0.3 is 19.8 Å². The molecule has 17 heavy (non-hydrogen) atoms. The zero-order chi connectivity index (χ0) is 13.5. The number of hydrogen-bond donors (Lipinski definition) is 4. The quantitative estimate of drug-likeness (QED) is 0.463. The van der Waals surface area contributed by atoms with Crippen LogP contribution in [0.1, 0.15) is 26.2 Å². The van der Waals surface area contributed by atoms with Gasteiger partial charge in [0.2, 0.25) is 0 Å². The van der Waals surface area contributed by atoms with Gasteiger partial charge in [0.05, 0.1) is 6.61 Å². The van der Waals surface area contributed by atoms with Crippen LogP contribution in [0.25, 0.3) is 0 Å². The highest BCUT2D eigenvalue weighted by atomic mass is 31.3. The average Bonchev–Trinajstić information content (AvgIpc) is 2.12. The molecule has 0 aromatic carbocycles. The predicted molar refractivity (Wildman–Crippen MR) is 59.0 cm³/mol. The molecule has 0 spiro atoms. The van der Waals surface area contributed by atoms with Gasteiger partial charge in [-0.05, 0) is 18.8 Å². The average molecular weight is 292 g/mol. The maximum absolute atomic E-state index is 11.0. The summed E-state index contributed by atoms with van der Waals surface area (Å²) in [6, 6.07) is 0. The van der Waals surface area contributed by atoms with Gasteiger partial charge in [-0.25, -0.2) is 9.13 Å². The number of phosphoric acid groups is 2. The summed E-state index contributed by atoms with van der Waals surface area (Å²) in [5, 5.41) is 8.93. The molecule has 0 amide bonds. The normalized spacial score (nSPS) is 17.7. The monoisotopic (exact) mass is 292 g/mol. The van der Waals surface area contributed by atoms with Crippen molar-refractivity contribution in [2.45, 2.75) is 26.2 Å². The topological polar surface area (TPSA) is 134 Å². The third-order valence-electron chi connectivity index (χ3n) is 1.95. The van der Waals surface area contributed by atoms with Gasteiger partial charge in [-0.2, -0.15) is 4.31 Å². The number of rotatable bonds is 9. The Hall–Kier alpha value is 0.220. The molecule has 2 unspecified atom stereocenters. The lowest BCUT2D eigenvalue weighted by molar-refractivity contribution is 0.148. The van der Waals surface area contributed by atoms with E-state index in [0.717, 1.165) is 12.8 Å². The molecule has 0 saturated carbocycles. The molecule has 8 nitrogen and oxygen atoms in total. The first-order chi connectivity index (χ1) is 7.70. The van der Waals surface area contributed by atoms with Crippen LogP contribution in [-0.4, -0.2) is 33.0 Å². The van der Waals surface area contributed by atoms with E-state index in [-0.39, 0.29) is 19.1 Å². The summed E-state index contributed by atoms with van der Waals surface area (Å²) < 4.78 is 29.3. The third kappa shape index (κ3) is 9.88. The molecule has 10 heteroatoms. The van der Waals surface area contributed by atoms with Crippen molar-refractivity contribution in [3.05, 3.63) is 0 Å². The van der Waals surface area contributed by atoms with Crippen LogP contribution in [0.4, 0.5) is 0 Å². The second-order valence-electron chi connectivity index (χ2n) is 3.50. The van der Waals surface area contributed by atoms with Gasteiger partial charge in [-0.1, -0.05) is 13.3 Å². The van der Waals surface area contributed by atoms with Gasteiger partial charge in [-0.15, -0.1) is 0 Å². The van der Waals surface area contributed by atoms with Crippen molar-refractivity contribution in [1.29, 1.82) is 0 Å². The Morgan fingerprint density at radius 1 is 1.18 bits per heavy atom. The van der Waals surface area contributed by atoms with Crippen molar-refractivity contribution < 1.29 is 37.8 Å². The van der Waals surface area contributed by atoms with Crippen LogP contribution in [0.2, 0.25) is 0 Å². The Kier molecular flexibility index (Phi) is 7.71. The lowest BCUT2D eigenvalue weighted by atomic mass is 10.0. The summed E-state index contributed by atoms with van der Waals surface area (Å²) >= 11 is 0. The van der Waals surface area contributed by atoms with E-state index in [1.54, 1.807) is 0 Å². The van der Waals surface area contributed by atoms with Crippen molar-refractivity contribution in [2.24, 2.45) is 5.92 Å². The van der Waals surface area contributed by atoms with Crippen LogP contribution >= 0.6 is 15.6 Å². The van der Waals surface area contributed by atoms with E-state index < -0.39 is 15.6 Å². The third-order valence-corrected chi connectivity index (χ3v) is 4.13. The smallest absolute Gasteiger partial charge is 0.396 e. The maximum atomic E-state index is 11.0. The zero-order valence-electron chi connectivity index (χ0n) is 9.43. The van der Waals surface area contributed by atoms with Gasteiger partial charge in [0.15, 0.2) is 0 Å². The second-order valence-corrected chi connectivity index (χ2v) is 6.33. The SMILES string of the molecule is CCCC(CO)CCOP(=O)(O)OP(=O)(O)O. The maximum Gasteiger partial charge on any atom is 0.481 e. The molecule has 0 heterocycles. The molecule has 4 N–H and O–H groups in total. The molecule has 0 bridgehead atoms. The molecule has 0 radical (unpaired) electrons. The fourth-order valence-corrected chi connectivity index (χ4v) is 2.83. The first-order valence-electron chi connectivity index (χ1n) is 5.05. The fraction of sp³-hybridized carbons (Fsp3) is 1.00. The van der Waals surface area contributed by atoms with Gasteiger partial charge in [-0.3, -0.25) is 4.52 Å². The Morgan fingerprint density at radius 2 is 1.76 bits per heavy atom. The largest absolute Gasteiger partial charge is 0.481 e. The zero-order valence-corrected chi connectivity index (χ0v) is 11.2. The first kappa shape index (κ1) is 17.2. The van der Waals surface area contributed by atoms with Crippen molar-refractivity contribution in [3.8, 4) is 0 Å². The van der Waals surface area contributed by atoms with E-state index in [1.165, 1.54) is 0 Å². The van der Waals surface area contributed by atoms with Gasteiger partial charge in [0.25, 0.3) is 0 Å². The number of hydrogen-bond acceptors (Lipinski definition) is 5. The van der Waals surface area contributed by atoms with E-state index >= 15 is 0 Å². The van der Waals surface area contributed by atoms with Crippen molar-refractivity contribution in [2.75, 3.05) is 13.2 Å². The lowest BCUT2D eigenvalue weighted by Crippen LogP contribution is -2.09. The van der Waals surface area contributed by atoms with Crippen LogP contribution in [0.3, 0.4) is 0 Å². The summed E-state index contributed by atoms with van der Waals surface area (Å²) in [4.78, 5) is 25.6. The molecule has 2 atom stereocenters. The molecule has 104 valence electrons. The summed E-state index contributed by atoms with van der Waals surface area (Å²) in [5.74, 6) is -0.0740. The molecule has 0 fully saturated rings. The van der Waals surface area contributed by atoms with E-state index in [1.807, 2.05) is 6.92 Å². The van der Waals surface area contributed by atoms with Crippen LogP contribution in [-0.2, 0) is 18.0 Å². The number of aliphatic hydroxyl groups is 1. The number of phosphoric ester groups is 1. The first-order valence-corrected chi connectivity index (χ1v) is 8.08. The van der Waals surface area contributed by atoms with Gasteiger partial charge >= 0.3 is 15.6 Å². The van der Waals surface area contributed by atoms with E-state index in [4.69, 9.17) is 19.8 Å². The van der Waals surface area contributed by atoms with Gasteiger partial charge in [0.1, 0.15) is 0 Å². The Balaban J connectivity index is 4.02. The minimum atomic E-state index is -5.06. The Labute approximate surface area is 99.4 Å². The van der Waals surface area contributed by atoms with Crippen LogP contribution in [0.5, 0.6) is 0 Å². The Morgan fingerprint density at radius 3 is 2.18 bits per heavy atom. The van der Waals surface area contributed by atoms with Gasteiger partial charge in [0, 0.05) is 6.61 Å². The molecule has 0 aliphatic heterocycles. The van der Waals surface area contributed by atoms with Crippen molar-refractivity contribution in [1.82, 2.24) is 0 Å². The molecular weight excluding hydrogens is 274 g/mol. The summed E-state index contributed by atoms with van der Waals surface area (Å²) in [5.41, 5.74) is 0. The van der Waals surface area contributed by atoms with Crippen LogP contribution < -0.4 is 0 Å². The van der Waals surface area contributed by atoms with Crippen LogP contribution in [0.15, 0.2) is 0 Å². The van der Waals surface area contributed by atoms with Crippen molar-refractivity contribution >= 4 is 15.6 Å². The molecule has 0 aliphatic carbocycles. The highest BCUT2D eigenvalue weighted by Crippen LogP contribution is 2.57. The fourth-order valence-electron chi connectivity index (χ4n) is 1.23. The molecule has 0 aromatic heterocycles. The standard InChI is InChI=1S/C7H18O8P2/c1-2-3-7(6-8)4-5-14-17(12,13)15-16(9,10)11/h7-8H,2-6H2,1H3,(H,12,13)(H2,9,10,11). The summed E-state index contributed by atoms with van der Waals surface area (Å²) in [6.45, 7) is 1.63. The van der Waals surface area contributed by atoms with Crippen molar-refractivity contribution in [3.63, 3.8) is 0 Å². The Bertz CT molecular complexity index is 300. The van der Waals surface area contributed by atoms with E-state index in [2.05, 4.69) is 8.83 Å². The lowest BCUT2D eigenvalue weighted by Gasteiger charge is -2.15. The summed E-state index contributed by atoms with van der Waals surface area (Å²) in [7, 11) is -9.80. The molecule has 0 aliphatic rings. The van der Waals surface area contributed by atoms with E-state index in [9.17, 15) is 9.13 Å².